The van der Waals surface area contributed by atoms with Gasteiger partial charge in [-0.25, -0.2) is 0 Å². The average Bonchev–Trinajstić information content (AvgIpc) is 2.80. The maximum Gasteiger partial charge on any atom is 0.274 e. The molecule has 0 saturated carbocycles. The number of para-hydroxylation sites is 1. The number of methoxy groups -OCH3 is 1. The van der Waals surface area contributed by atoms with Crippen molar-refractivity contribution in [1.82, 2.24) is 4.98 Å². The van der Waals surface area contributed by atoms with E-state index >= 15 is 0 Å². The maximum absolute atomic E-state index is 12.5. The zero-order valence-corrected chi connectivity index (χ0v) is 16.4. The molecule has 3 aromatic rings. The van der Waals surface area contributed by atoms with Gasteiger partial charge in [-0.3, -0.25) is 9.78 Å². The molecule has 1 fully saturated rings. The number of pyridine rings is 1. The monoisotopic (exact) mass is 388 g/mol. The Morgan fingerprint density at radius 1 is 0.897 bits per heavy atom. The minimum Gasteiger partial charge on any atom is -0.497 e. The van der Waals surface area contributed by atoms with Gasteiger partial charge in [-0.15, -0.1) is 0 Å². The highest BCUT2D eigenvalue weighted by molar-refractivity contribution is 6.03. The summed E-state index contributed by atoms with van der Waals surface area (Å²) in [5.74, 6) is 0.667. The van der Waals surface area contributed by atoms with Crippen molar-refractivity contribution >= 4 is 23.0 Å². The molecule has 2 heterocycles. The number of piperazine rings is 1. The molecular formula is C23H24N4O2. The lowest BCUT2D eigenvalue weighted by Gasteiger charge is -2.37. The minimum absolute atomic E-state index is 0.199. The van der Waals surface area contributed by atoms with Gasteiger partial charge in [-0.1, -0.05) is 18.2 Å². The molecule has 1 aromatic heterocycles. The third-order valence-corrected chi connectivity index (χ3v) is 5.09. The van der Waals surface area contributed by atoms with Crippen LogP contribution in [-0.2, 0) is 0 Å². The van der Waals surface area contributed by atoms with Crippen LogP contribution in [0.1, 0.15) is 10.5 Å². The summed E-state index contributed by atoms with van der Waals surface area (Å²) in [6.45, 7) is 3.60. The van der Waals surface area contributed by atoms with E-state index in [0.29, 0.717) is 5.69 Å². The SMILES string of the molecule is COc1ccc(N2CCN(c3ccnc(C(=O)Nc4ccccc4)c3)CC2)cc1. The summed E-state index contributed by atoms with van der Waals surface area (Å²) in [5, 5.41) is 2.89. The first-order chi connectivity index (χ1) is 14.2. The molecule has 4 rings (SSSR count). The number of nitrogens with one attached hydrogen (secondary N) is 1. The third kappa shape index (κ3) is 4.48. The molecule has 1 aliphatic heterocycles. The van der Waals surface area contributed by atoms with Crippen LogP contribution >= 0.6 is 0 Å². The zero-order chi connectivity index (χ0) is 20.1. The number of nitrogens with zero attached hydrogens (tertiary/aromatic N) is 3. The molecule has 2 aromatic carbocycles. The summed E-state index contributed by atoms with van der Waals surface area (Å²) in [6.07, 6.45) is 1.70. The predicted molar refractivity (Wildman–Crippen MR) is 116 cm³/mol. The third-order valence-electron chi connectivity index (χ3n) is 5.09. The number of rotatable bonds is 5. The number of hydrogen-bond donors (Lipinski definition) is 1. The molecule has 29 heavy (non-hydrogen) atoms. The number of benzene rings is 2. The van der Waals surface area contributed by atoms with Gasteiger partial charge < -0.3 is 19.9 Å². The number of carbonyl (C=O) groups excluding carboxylic acids is 1. The van der Waals surface area contributed by atoms with Crippen LogP contribution in [-0.4, -0.2) is 44.2 Å². The second-order valence-corrected chi connectivity index (χ2v) is 6.89. The maximum atomic E-state index is 12.5. The first-order valence-corrected chi connectivity index (χ1v) is 9.69. The van der Waals surface area contributed by atoms with Crippen molar-refractivity contribution in [3.63, 3.8) is 0 Å². The molecule has 0 spiro atoms. The number of anilines is 3. The topological polar surface area (TPSA) is 57.7 Å². The summed E-state index contributed by atoms with van der Waals surface area (Å²) in [5.41, 5.74) is 3.40. The van der Waals surface area contributed by atoms with E-state index in [4.69, 9.17) is 4.74 Å². The summed E-state index contributed by atoms with van der Waals surface area (Å²) in [6, 6.07) is 21.4. The molecule has 0 unspecified atom stereocenters. The molecular weight excluding hydrogens is 364 g/mol. The Balaban J connectivity index is 1.39. The Labute approximate surface area is 170 Å². The highest BCUT2D eigenvalue weighted by atomic mass is 16.5. The lowest BCUT2D eigenvalue weighted by molar-refractivity contribution is 0.102. The van der Waals surface area contributed by atoms with Gasteiger partial charge in [-0.2, -0.15) is 0 Å². The van der Waals surface area contributed by atoms with Crippen molar-refractivity contribution in [2.75, 3.05) is 48.4 Å². The van der Waals surface area contributed by atoms with Gasteiger partial charge in [0.15, 0.2) is 0 Å². The smallest absolute Gasteiger partial charge is 0.274 e. The highest BCUT2D eigenvalue weighted by Gasteiger charge is 2.19. The van der Waals surface area contributed by atoms with E-state index < -0.39 is 0 Å². The van der Waals surface area contributed by atoms with Crippen molar-refractivity contribution < 1.29 is 9.53 Å². The Morgan fingerprint density at radius 2 is 1.55 bits per heavy atom. The van der Waals surface area contributed by atoms with Gasteiger partial charge in [0.2, 0.25) is 0 Å². The van der Waals surface area contributed by atoms with Crippen molar-refractivity contribution in [1.29, 1.82) is 0 Å². The highest BCUT2D eigenvalue weighted by Crippen LogP contribution is 2.23. The van der Waals surface area contributed by atoms with Crippen LogP contribution in [0.15, 0.2) is 72.9 Å². The van der Waals surface area contributed by atoms with Crippen LogP contribution in [0.3, 0.4) is 0 Å². The lowest BCUT2D eigenvalue weighted by Crippen LogP contribution is -2.46. The number of ether oxygens (including phenoxy) is 1. The summed E-state index contributed by atoms with van der Waals surface area (Å²) >= 11 is 0. The van der Waals surface area contributed by atoms with Crippen LogP contribution < -0.4 is 19.9 Å². The first kappa shape index (κ1) is 18.8. The van der Waals surface area contributed by atoms with Gasteiger partial charge in [0.25, 0.3) is 5.91 Å². The number of aromatic nitrogens is 1. The molecule has 6 nitrogen and oxygen atoms in total. The molecule has 0 bridgehead atoms. The van der Waals surface area contributed by atoms with Crippen LogP contribution in [0.25, 0.3) is 0 Å². The summed E-state index contributed by atoms with van der Waals surface area (Å²) in [7, 11) is 1.68. The quantitative estimate of drug-likeness (QED) is 0.723. The molecule has 0 radical (unpaired) electrons. The normalized spacial score (nSPS) is 13.8. The molecule has 1 amide bonds. The number of carbonyl (C=O) groups is 1. The average molecular weight is 388 g/mol. The molecule has 148 valence electrons. The Kier molecular flexibility index (Phi) is 5.61. The second kappa shape index (κ2) is 8.65. The van der Waals surface area contributed by atoms with Crippen molar-refractivity contribution in [3.8, 4) is 5.75 Å². The van der Waals surface area contributed by atoms with Gasteiger partial charge in [0, 0.05) is 49.4 Å². The van der Waals surface area contributed by atoms with Crippen molar-refractivity contribution in [2.45, 2.75) is 0 Å². The van der Waals surface area contributed by atoms with Crippen LogP contribution in [0.5, 0.6) is 5.75 Å². The fraction of sp³-hybridized carbons (Fsp3) is 0.217. The predicted octanol–water partition coefficient (Wildman–Crippen LogP) is 3.67. The molecule has 1 N–H and O–H groups in total. The van der Waals surface area contributed by atoms with E-state index in [0.717, 1.165) is 43.3 Å². The van der Waals surface area contributed by atoms with E-state index in [-0.39, 0.29) is 5.91 Å². The van der Waals surface area contributed by atoms with Crippen molar-refractivity contribution in [3.05, 3.63) is 78.6 Å². The fourth-order valence-corrected chi connectivity index (χ4v) is 3.47. The first-order valence-electron chi connectivity index (χ1n) is 9.69. The van der Waals surface area contributed by atoms with E-state index in [2.05, 4.69) is 32.2 Å². The zero-order valence-electron chi connectivity index (χ0n) is 16.4. The van der Waals surface area contributed by atoms with Crippen LogP contribution in [0.2, 0.25) is 0 Å². The van der Waals surface area contributed by atoms with E-state index in [1.54, 1.807) is 13.3 Å². The van der Waals surface area contributed by atoms with E-state index in [1.807, 2.05) is 54.6 Å². The second-order valence-electron chi connectivity index (χ2n) is 6.89. The minimum atomic E-state index is -0.199. The van der Waals surface area contributed by atoms with Crippen LogP contribution in [0, 0.1) is 0 Å². The molecule has 6 heteroatoms. The standard InChI is InChI=1S/C23H24N4O2/c1-29-21-9-7-19(8-10-21)26-13-15-27(16-14-26)20-11-12-24-22(17-20)23(28)25-18-5-3-2-4-6-18/h2-12,17H,13-16H2,1H3,(H,25,28). The molecule has 0 aliphatic carbocycles. The molecule has 0 atom stereocenters. The van der Waals surface area contributed by atoms with Crippen LogP contribution in [0.4, 0.5) is 17.1 Å². The number of amides is 1. The lowest BCUT2D eigenvalue weighted by atomic mass is 10.2. The summed E-state index contributed by atoms with van der Waals surface area (Å²) in [4.78, 5) is 21.4. The van der Waals surface area contributed by atoms with Gasteiger partial charge >= 0.3 is 0 Å². The largest absolute Gasteiger partial charge is 0.497 e. The van der Waals surface area contributed by atoms with Crippen molar-refractivity contribution in [2.24, 2.45) is 0 Å². The molecule has 1 saturated heterocycles. The fourth-order valence-electron chi connectivity index (χ4n) is 3.47. The van der Waals surface area contributed by atoms with E-state index in [1.165, 1.54) is 5.69 Å². The Morgan fingerprint density at radius 3 is 2.21 bits per heavy atom. The molecule has 1 aliphatic rings. The Hall–Kier alpha value is -3.54. The number of hydrogen-bond acceptors (Lipinski definition) is 5. The van der Waals surface area contributed by atoms with Gasteiger partial charge in [-0.05, 0) is 48.5 Å². The summed E-state index contributed by atoms with van der Waals surface area (Å²) < 4.78 is 5.23. The van der Waals surface area contributed by atoms with Gasteiger partial charge in [0.05, 0.1) is 7.11 Å². The van der Waals surface area contributed by atoms with Gasteiger partial charge in [0.1, 0.15) is 11.4 Å². The van der Waals surface area contributed by atoms with E-state index in [9.17, 15) is 4.79 Å². The Bertz CT molecular complexity index is 952.